The van der Waals surface area contributed by atoms with Crippen molar-refractivity contribution >= 4 is 18.3 Å². The summed E-state index contributed by atoms with van der Waals surface area (Å²) < 4.78 is 5.89. The van der Waals surface area contributed by atoms with Gasteiger partial charge < -0.3 is 9.64 Å². The lowest BCUT2D eigenvalue weighted by Gasteiger charge is -2.39. The van der Waals surface area contributed by atoms with Gasteiger partial charge in [0.05, 0.1) is 5.41 Å². The summed E-state index contributed by atoms with van der Waals surface area (Å²) in [5.74, 6) is 1.97. The Morgan fingerprint density at radius 1 is 0.727 bits per heavy atom. The Morgan fingerprint density at radius 2 is 1.36 bits per heavy atom. The predicted molar refractivity (Wildman–Crippen MR) is 134 cm³/mol. The largest absolute Gasteiger partial charge is 0.457 e. The molecule has 0 saturated carbocycles. The molecule has 0 radical (unpaired) electrons. The number of likely N-dealkylation sites (tertiary alicyclic amines) is 2. The quantitative estimate of drug-likeness (QED) is 0.456. The average Bonchev–Trinajstić information content (AvgIpc) is 3.11. The predicted octanol–water partition coefficient (Wildman–Crippen LogP) is 5.92. The molecule has 33 heavy (non-hydrogen) atoms. The lowest BCUT2D eigenvalue weighted by atomic mass is 9.78. The van der Waals surface area contributed by atoms with E-state index in [1.807, 2.05) is 42.5 Å². The van der Waals surface area contributed by atoms with Gasteiger partial charge in [-0.1, -0.05) is 60.7 Å². The zero-order chi connectivity index (χ0) is 21.8. The maximum Gasteiger partial charge on any atom is 0.230 e. The van der Waals surface area contributed by atoms with Gasteiger partial charge in [0.25, 0.3) is 0 Å². The van der Waals surface area contributed by atoms with Crippen molar-refractivity contribution in [2.45, 2.75) is 32.4 Å². The topological polar surface area (TPSA) is 32.8 Å². The fourth-order valence-corrected chi connectivity index (χ4v) is 5.13. The van der Waals surface area contributed by atoms with Gasteiger partial charge in [0.2, 0.25) is 5.91 Å². The molecule has 0 aliphatic carbocycles. The van der Waals surface area contributed by atoms with Crippen LogP contribution < -0.4 is 4.74 Å². The molecular formula is C28H31ClN2O2. The first-order valence-electron chi connectivity index (χ1n) is 11.6. The van der Waals surface area contributed by atoms with Crippen molar-refractivity contribution in [2.24, 2.45) is 5.41 Å². The van der Waals surface area contributed by atoms with Gasteiger partial charge in [0.15, 0.2) is 0 Å². The molecule has 2 saturated heterocycles. The third-order valence-corrected chi connectivity index (χ3v) is 6.78. The molecular weight excluding hydrogens is 432 g/mol. The van der Waals surface area contributed by atoms with Crippen LogP contribution in [-0.2, 0) is 17.9 Å². The van der Waals surface area contributed by atoms with E-state index in [0.717, 1.165) is 62.5 Å². The summed E-state index contributed by atoms with van der Waals surface area (Å²) in [6.45, 7) is 4.40. The Kier molecular flexibility index (Phi) is 7.36. The normalized spacial score (nSPS) is 20.6. The SMILES string of the molecule is Cl.O=C1N(Cc2ccc(Oc3ccccc3)cc2)CCC12CCCN(Cc1ccccc1)C2. The number of benzene rings is 3. The lowest BCUT2D eigenvalue weighted by molar-refractivity contribution is -0.139. The van der Waals surface area contributed by atoms with Crippen molar-refractivity contribution in [3.05, 3.63) is 96.1 Å². The molecule has 1 unspecified atom stereocenters. The number of para-hydroxylation sites is 1. The molecule has 1 atom stereocenters. The summed E-state index contributed by atoms with van der Waals surface area (Å²) in [6, 6.07) is 28.5. The molecule has 2 aliphatic rings. The highest BCUT2D eigenvalue weighted by molar-refractivity contribution is 5.85. The maximum atomic E-state index is 13.5. The Morgan fingerprint density at radius 3 is 2.09 bits per heavy atom. The van der Waals surface area contributed by atoms with E-state index in [0.29, 0.717) is 12.5 Å². The highest BCUT2D eigenvalue weighted by Gasteiger charge is 2.48. The van der Waals surface area contributed by atoms with E-state index < -0.39 is 0 Å². The minimum atomic E-state index is -0.205. The number of nitrogens with zero attached hydrogens (tertiary/aromatic N) is 2. The number of hydrogen-bond donors (Lipinski definition) is 0. The second-order valence-electron chi connectivity index (χ2n) is 9.12. The molecule has 0 bridgehead atoms. The summed E-state index contributed by atoms with van der Waals surface area (Å²) in [5.41, 5.74) is 2.26. The first kappa shape index (κ1) is 23.3. The minimum Gasteiger partial charge on any atom is -0.457 e. The lowest BCUT2D eigenvalue weighted by Crippen LogP contribution is -2.47. The van der Waals surface area contributed by atoms with E-state index in [1.54, 1.807) is 0 Å². The van der Waals surface area contributed by atoms with Crippen LogP contribution in [0.2, 0.25) is 0 Å². The molecule has 1 amide bonds. The molecule has 2 fully saturated rings. The van der Waals surface area contributed by atoms with Crippen LogP contribution in [0.3, 0.4) is 0 Å². The van der Waals surface area contributed by atoms with Crippen LogP contribution in [0.5, 0.6) is 11.5 Å². The van der Waals surface area contributed by atoms with Gasteiger partial charge in [0.1, 0.15) is 11.5 Å². The van der Waals surface area contributed by atoms with E-state index in [1.165, 1.54) is 5.56 Å². The van der Waals surface area contributed by atoms with E-state index in [-0.39, 0.29) is 17.8 Å². The van der Waals surface area contributed by atoms with Crippen LogP contribution in [0, 0.1) is 5.41 Å². The van der Waals surface area contributed by atoms with Crippen LogP contribution in [0.15, 0.2) is 84.9 Å². The third-order valence-electron chi connectivity index (χ3n) is 6.78. The fraction of sp³-hybridized carbons (Fsp3) is 0.321. The van der Waals surface area contributed by atoms with Gasteiger partial charge in [0, 0.05) is 26.2 Å². The standard InChI is InChI=1S/C28H30N2O2.ClH/c31-27-28(16-7-18-29(22-28)20-23-8-3-1-4-9-23)17-19-30(27)21-24-12-14-26(15-13-24)32-25-10-5-2-6-11-25;/h1-6,8-15H,7,16-22H2;1H. The van der Waals surface area contributed by atoms with Crippen LogP contribution in [0.4, 0.5) is 0 Å². The number of carbonyl (C=O) groups excluding carboxylic acids is 1. The number of rotatable bonds is 6. The molecule has 1 spiro atoms. The molecule has 4 nitrogen and oxygen atoms in total. The van der Waals surface area contributed by atoms with Gasteiger partial charge in [-0.3, -0.25) is 9.69 Å². The number of halogens is 1. The van der Waals surface area contributed by atoms with Crippen molar-refractivity contribution in [3.8, 4) is 11.5 Å². The molecule has 3 aromatic carbocycles. The minimum absolute atomic E-state index is 0. The first-order chi connectivity index (χ1) is 15.7. The molecule has 3 aromatic rings. The summed E-state index contributed by atoms with van der Waals surface area (Å²) >= 11 is 0. The zero-order valence-electron chi connectivity index (χ0n) is 18.9. The highest BCUT2D eigenvalue weighted by atomic mass is 35.5. The van der Waals surface area contributed by atoms with Crippen molar-refractivity contribution < 1.29 is 9.53 Å². The highest BCUT2D eigenvalue weighted by Crippen LogP contribution is 2.41. The Hall–Kier alpha value is -2.82. The Bertz CT molecular complexity index is 1040. The summed E-state index contributed by atoms with van der Waals surface area (Å²) in [6.07, 6.45) is 3.07. The second kappa shape index (κ2) is 10.4. The van der Waals surface area contributed by atoms with Crippen molar-refractivity contribution in [1.29, 1.82) is 0 Å². The number of ether oxygens (including phenoxy) is 1. The summed E-state index contributed by atoms with van der Waals surface area (Å²) in [4.78, 5) is 18.0. The van der Waals surface area contributed by atoms with Gasteiger partial charge >= 0.3 is 0 Å². The van der Waals surface area contributed by atoms with Gasteiger partial charge in [-0.2, -0.15) is 0 Å². The van der Waals surface area contributed by atoms with E-state index in [9.17, 15) is 4.79 Å². The van der Waals surface area contributed by atoms with Crippen molar-refractivity contribution in [1.82, 2.24) is 9.80 Å². The van der Waals surface area contributed by atoms with Gasteiger partial charge in [-0.25, -0.2) is 0 Å². The molecule has 172 valence electrons. The molecule has 0 aromatic heterocycles. The molecule has 5 rings (SSSR count). The second-order valence-corrected chi connectivity index (χ2v) is 9.12. The van der Waals surface area contributed by atoms with E-state index >= 15 is 0 Å². The smallest absolute Gasteiger partial charge is 0.230 e. The monoisotopic (exact) mass is 462 g/mol. The number of hydrogen-bond acceptors (Lipinski definition) is 3. The Balaban J connectivity index is 0.00000259. The third kappa shape index (κ3) is 5.40. The zero-order valence-corrected chi connectivity index (χ0v) is 19.7. The number of amides is 1. The summed E-state index contributed by atoms with van der Waals surface area (Å²) in [7, 11) is 0. The van der Waals surface area contributed by atoms with E-state index in [2.05, 4.69) is 52.3 Å². The fourth-order valence-electron chi connectivity index (χ4n) is 5.13. The van der Waals surface area contributed by atoms with Crippen molar-refractivity contribution in [2.75, 3.05) is 19.6 Å². The maximum absolute atomic E-state index is 13.5. The molecule has 2 heterocycles. The molecule has 5 heteroatoms. The summed E-state index contributed by atoms with van der Waals surface area (Å²) in [5, 5.41) is 0. The van der Waals surface area contributed by atoms with Gasteiger partial charge in [-0.05, 0) is 61.2 Å². The van der Waals surface area contributed by atoms with Crippen LogP contribution in [0.1, 0.15) is 30.4 Å². The van der Waals surface area contributed by atoms with Crippen LogP contribution in [0.25, 0.3) is 0 Å². The van der Waals surface area contributed by atoms with Crippen LogP contribution in [-0.4, -0.2) is 35.3 Å². The van der Waals surface area contributed by atoms with Crippen molar-refractivity contribution in [3.63, 3.8) is 0 Å². The average molecular weight is 463 g/mol. The number of carbonyl (C=O) groups is 1. The first-order valence-corrected chi connectivity index (χ1v) is 11.6. The Labute approximate surface area is 202 Å². The van der Waals surface area contributed by atoms with E-state index in [4.69, 9.17) is 4.74 Å². The van der Waals surface area contributed by atoms with Crippen LogP contribution >= 0.6 is 12.4 Å². The van der Waals surface area contributed by atoms with Gasteiger partial charge in [-0.15, -0.1) is 12.4 Å². The molecule has 0 N–H and O–H groups in total. The molecule has 2 aliphatic heterocycles. The number of piperidine rings is 1.